The first-order chi connectivity index (χ1) is 10.5. The van der Waals surface area contributed by atoms with Crippen molar-refractivity contribution in [2.75, 3.05) is 12.0 Å². The summed E-state index contributed by atoms with van der Waals surface area (Å²) in [7, 11) is 1.19. The van der Waals surface area contributed by atoms with E-state index >= 15 is 0 Å². The number of fused-ring (bicyclic) bond motifs is 1. The normalized spacial score (nSPS) is 23.2. The van der Waals surface area contributed by atoms with E-state index in [-0.39, 0.29) is 5.71 Å². The average Bonchev–Trinajstić information content (AvgIpc) is 3.03. The van der Waals surface area contributed by atoms with E-state index in [1.807, 2.05) is 0 Å². The Morgan fingerprint density at radius 3 is 2.77 bits per heavy atom. The fraction of sp³-hybridized carbons (Fsp3) is 0.286. The second kappa shape index (κ2) is 5.10. The van der Waals surface area contributed by atoms with Crippen LogP contribution in [0, 0.1) is 12.8 Å². The van der Waals surface area contributed by atoms with Crippen LogP contribution < -0.4 is 10.3 Å². The van der Waals surface area contributed by atoms with Gasteiger partial charge in [0.2, 0.25) is 5.91 Å². The van der Waals surface area contributed by atoms with E-state index in [9.17, 15) is 14.4 Å². The van der Waals surface area contributed by atoms with Gasteiger partial charge in [0.05, 0.1) is 12.8 Å². The number of benzene rings is 1. The number of methoxy groups -OCH3 is 1. The quantitative estimate of drug-likeness (QED) is 0.638. The fourth-order valence-corrected chi connectivity index (χ4v) is 2.79. The van der Waals surface area contributed by atoms with Crippen LogP contribution in [0.1, 0.15) is 5.56 Å². The van der Waals surface area contributed by atoms with Gasteiger partial charge in [-0.15, -0.1) is 0 Å². The van der Waals surface area contributed by atoms with Crippen LogP contribution in [0.15, 0.2) is 23.3 Å². The van der Waals surface area contributed by atoms with E-state index in [1.54, 1.807) is 25.1 Å². The van der Waals surface area contributed by atoms with E-state index in [0.29, 0.717) is 10.7 Å². The maximum atomic E-state index is 12.6. The standard InChI is InChI=1S/C14H12ClN3O4/c1-6-3-4-7(15)5-8(6)18-12(19)9-10(13(18)20)16-17-11(9)14(21)22-2/h3-5,9-10,16H,1-2H3. The highest BCUT2D eigenvalue weighted by molar-refractivity contribution is 6.46. The molecule has 3 rings (SSSR count). The minimum atomic E-state index is -0.974. The molecular weight excluding hydrogens is 310 g/mol. The minimum Gasteiger partial charge on any atom is -0.464 e. The second-order valence-electron chi connectivity index (χ2n) is 5.02. The lowest BCUT2D eigenvalue weighted by molar-refractivity contribution is -0.133. The molecule has 7 nitrogen and oxygen atoms in total. The van der Waals surface area contributed by atoms with Gasteiger partial charge in [0.25, 0.3) is 5.91 Å². The first-order valence-corrected chi connectivity index (χ1v) is 6.89. The Morgan fingerprint density at radius 1 is 1.36 bits per heavy atom. The van der Waals surface area contributed by atoms with Gasteiger partial charge < -0.3 is 4.74 Å². The average molecular weight is 322 g/mol. The first-order valence-electron chi connectivity index (χ1n) is 6.51. The number of carbonyl (C=O) groups is 3. The summed E-state index contributed by atoms with van der Waals surface area (Å²) in [5.41, 5.74) is 3.58. The van der Waals surface area contributed by atoms with Crippen LogP contribution in [-0.2, 0) is 19.1 Å². The number of nitrogens with zero attached hydrogens (tertiary/aromatic N) is 2. The number of hydrogen-bond donors (Lipinski definition) is 1. The molecule has 0 aliphatic carbocycles. The molecule has 1 fully saturated rings. The number of rotatable bonds is 2. The molecule has 0 bridgehead atoms. The zero-order chi connectivity index (χ0) is 16.0. The van der Waals surface area contributed by atoms with Crippen molar-refractivity contribution in [3.8, 4) is 0 Å². The first kappa shape index (κ1) is 14.5. The minimum absolute atomic E-state index is 0.0898. The van der Waals surface area contributed by atoms with Crippen molar-refractivity contribution in [3.63, 3.8) is 0 Å². The highest BCUT2D eigenvalue weighted by atomic mass is 35.5. The van der Waals surface area contributed by atoms with E-state index in [2.05, 4.69) is 15.3 Å². The van der Waals surface area contributed by atoms with Gasteiger partial charge in [0.1, 0.15) is 12.0 Å². The Balaban J connectivity index is 2.02. The molecule has 2 aliphatic rings. The van der Waals surface area contributed by atoms with Crippen molar-refractivity contribution in [3.05, 3.63) is 28.8 Å². The summed E-state index contributed by atoms with van der Waals surface area (Å²) >= 11 is 5.95. The summed E-state index contributed by atoms with van der Waals surface area (Å²) in [6, 6.07) is 4.05. The van der Waals surface area contributed by atoms with Crippen LogP contribution in [0.3, 0.4) is 0 Å². The molecule has 1 aromatic carbocycles. The molecule has 2 amide bonds. The lowest BCUT2D eigenvalue weighted by Crippen LogP contribution is -2.36. The van der Waals surface area contributed by atoms with Crippen LogP contribution in [0.25, 0.3) is 0 Å². The predicted octanol–water partition coefficient (Wildman–Crippen LogP) is 0.639. The third-order valence-corrected chi connectivity index (χ3v) is 3.97. The molecule has 2 aliphatic heterocycles. The molecule has 114 valence electrons. The molecule has 0 aromatic heterocycles. The number of halogens is 1. The number of hydrogen-bond acceptors (Lipinski definition) is 6. The summed E-state index contributed by atoms with van der Waals surface area (Å²) in [6.45, 7) is 1.77. The molecule has 2 atom stereocenters. The van der Waals surface area contributed by atoms with Gasteiger partial charge in [0.15, 0.2) is 5.71 Å². The van der Waals surface area contributed by atoms with Gasteiger partial charge in [-0.3, -0.25) is 15.0 Å². The van der Waals surface area contributed by atoms with Crippen LogP contribution in [0.4, 0.5) is 5.69 Å². The molecule has 8 heteroatoms. The lowest BCUT2D eigenvalue weighted by atomic mass is 9.99. The van der Waals surface area contributed by atoms with E-state index < -0.39 is 29.7 Å². The van der Waals surface area contributed by atoms with Crippen molar-refractivity contribution >= 4 is 40.8 Å². The number of imide groups is 1. The Labute approximate surface area is 130 Å². The van der Waals surface area contributed by atoms with Crippen LogP contribution in [0.5, 0.6) is 0 Å². The third kappa shape index (κ3) is 1.97. The highest BCUT2D eigenvalue weighted by Crippen LogP contribution is 2.33. The van der Waals surface area contributed by atoms with Gasteiger partial charge in [-0.05, 0) is 24.6 Å². The van der Waals surface area contributed by atoms with Crippen LogP contribution in [0.2, 0.25) is 5.02 Å². The van der Waals surface area contributed by atoms with Crippen molar-refractivity contribution in [1.82, 2.24) is 5.43 Å². The molecule has 1 aromatic rings. The van der Waals surface area contributed by atoms with Crippen molar-refractivity contribution in [2.45, 2.75) is 13.0 Å². The summed E-state index contributed by atoms with van der Waals surface area (Å²) in [6.07, 6.45) is 0. The molecule has 1 N–H and O–H groups in total. The number of carbonyl (C=O) groups excluding carboxylic acids is 3. The Kier molecular flexibility index (Phi) is 3.37. The molecular formula is C14H12ClN3O4. The van der Waals surface area contributed by atoms with E-state index in [0.717, 1.165) is 10.5 Å². The van der Waals surface area contributed by atoms with Gasteiger partial charge in [-0.2, -0.15) is 5.10 Å². The Bertz CT molecular complexity index is 731. The zero-order valence-corrected chi connectivity index (χ0v) is 12.5. The third-order valence-electron chi connectivity index (χ3n) is 3.73. The number of anilines is 1. The SMILES string of the molecule is COC(=O)C1=NNC2C(=O)N(c3cc(Cl)ccc3C)C(=O)C12. The van der Waals surface area contributed by atoms with Gasteiger partial charge in [-0.1, -0.05) is 17.7 Å². The smallest absolute Gasteiger partial charge is 0.355 e. The summed E-state index contributed by atoms with van der Waals surface area (Å²) in [5.74, 6) is -2.69. The number of amides is 2. The fourth-order valence-electron chi connectivity index (χ4n) is 2.62. The molecule has 0 saturated carbocycles. The summed E-state index contributed by atoms with van der Waals surface area (Å²) in [4.78, 5) is 37.8. The van der Waals surface area contributed by atoms with Crippen molar-refractivity contribution < 1.29 is 19.1 Å². The van der Waals surface area contributed by atoms with Crippen LogP contribution >= 0.6 is 11.6 Å². The summed E-state index contributed by atoms with van der Waals surface area (Å²) in [5, 5.41) is 4.17. The maximum Gasteiger partial charge on any atom is 0.355 e. The molecule has 22 heavy (non-hydrogen) atoms. The highest BCUT2D eigenvalue weighted by Gasteiger charge is 2.55. The molecule has 1 saturated heterocycles. The number of aryl methyl sites for hydroxylation is 1. The van der Waals surface area contributed by atoms with Gasteiger partial charge in [0, 0.05) is 5.02 Å². The number of ether oxygens (including phenoxy) is 1. The van der Waals surface area contributed by atoms with Crippen molar-refractivity contribution in [1.29, 1.82) is 0 Å². The molecule has 0 radical (unpaired) electrons. The monoisotopic (exact) mass is 321 g/mol. The van der Waals surface area contributed by atoms with Gasteiger partial charge in [-0.25, -0.2) is 9.69 Å². The largest absolute Gasteiger partial charge is 0.464 e. The Hall–Kier alpha value is -2.41. The molecule has 0 spiro atoms. The number of hydrazone groups is 1. The number of esters is 1. The molecule has 2 heterocycles. The predicted molar refractivity (Wildman–Crippen MR) is 78.5 cm³/mol. The summed E-state index contributed by atoms with van der Waals surface area (Å²) < 4.78 is 4.60. The van der Waals surface area contributed by atoms with E-state index in [1.165, 1.54) is 7.11 Å². The molecule has 2 unspecified atom stereocenters. The number of nitrogens with one attached hydrogen (secondary N) is 1. The maximum absolute atomic E-state index is 12.6. The van der Waals surface area contributed by atoms with E-state index in [4.69, 9.17) is 11.6 Å². The van der Waals surface area contributed by atoms with Crippen molar-refractivity contribution in [2.24, 2.45) is 11.0 Å². The topological polar surface area (TPSA) is 88.1 Å². The van der Waals surface area contributed by atoms with Crippen LogP contribution in [-0.4, -0.2) is 36.6 Å². The second-order valence-corrected chi connectivity index (χ2v) is 5.45. The lowest BCUT2D eigenvalue weighted by Gasteiger charge is -2.18. The Morgan fingerprint density at radius 2 is 2.09 bits per heavy atom. The zero-order valence-electron chi connectivity index (χ0n) is 11.8. The van der Waals surface area contributed by atoms with Gasteiger partial charge >= 0.3 is 5.97 Å².